The molecule has 3 rings (SSSR count). The highest BCUT2D eigenvalue weighted by atomic mass is 32.2. The topological polar surface area (TPSA) is 92.0 Å². The quantitative estimate of drug-likeness (QED) is 0.766. The van der Waals surface area contributed by atoms with E-state index in [1.54, 1.807) is 19.4 Å². The standard InChI is InChI=1S/C17H19NO5S/c1-22-16-12(6-3-7-18-16)10-4-2-5-11(8-10)23-17-15(21)14(20)13(19)9-24-17/h2-8,13-15,17,19-21H,9H2,1H3/t13-,14+,15-,17-/m1/s1. The highest BCUT2D eigenvalue weighted by Gasteiger charge is 2.38. The number of nitrogens with zero attached hydrogens (tertiary/aromatic N) is 1. The fourth-order valence-corrected chi connectivity index (χ4v) is 3.65. The molecule has 0 bridgehead atoms. The van der Waals surface area contributed by atoms with Crippen molar-refractivity contribution < 1.29 is 24.8 Å². The first-order chi connectivity index (χ1) is 11.6. The molecule has 1 aliphatic rings. The Hall–Kier alpha value is -1.80. The van der Waals surface area contributed by atoms with Crippen LogP contribution >= 0.6 is 11.8 Å². The van der Waals surface area contributed by atoms with E-state index < -0.39 is 23.7 Å². The van der Waals surface area contributed by atoms with Crippen LogP contribution in [0.3, 0.4) is 0 Å². The number of hydrogen-bond acceptors (Lipinski definition) is 7. The summed E-state index contributed by atoms with van der Waals surface area (Å²) in [6.07, 6.45) is -1.66. The lowest BCUT2D eigenvalue weighted by molar-refractivity contribution is -0.0786. The van der Waals surface area contributed by atoms with Crippen molar-refractivity contribution in [2.45, 2.75) is 23.7 Å². The molecule has 0 unspecified atom stereocenters. The Balaban J connectivity index is 1.81. The number of methoxy groups -OCH3 is 1. The highest BCUT2D eigenvalue weighted by Crippen LogP contribution is 2.33. The number of aliphatic hydroxyl groups is 3. The Labute approximate surface area is 144 Å². The number of aliphatic hydroxyl groups excluding tert-OH is 3. The van der Waals surface area contributed by atoms with E-state index in [1.807, 2.05) is 30.3 Å². The van der Waals surface area contributed by atoms with E-state index in [1.165, 1.54) is 11.8 Å². The van der Waals surface area contributed by atoms with Crippen LogP contribution in [0.4, 0.5) is 0 Å². The smallest absolute Gasteiger partial charge is 0.221 e. The predicted octanol–water partition coefficient (Wildman–Crippen LogP) is 1.29. The van der Waals surface area contributed by atoms with E-state index in [0.717, 1.165) is 11.1 Å². The van der Waals surface area contributed by atoms with Crippen LogP contribution in [0.1, 0.15) is 0 Å². The maximum Gasteiger partial charge on any atom is 0.221 e. The van der Waals surface area contributed by atoms with Crippen molar-refractivity contribution in [3.63, 3.8) is 0 Å². The van der Waals surface area contributed by atoms with E-state index in [-0.39, 0.29) is 0 Å². The van der Waals surface area contributed by atoms with Crippen molar-refractivity contribution in [1.29, 1.82) is 0 Å². The van der Waals surface area contributed by atoms with Gasteiger partial charge in [0.15, 0.2) is 5.44 Å². The van der Waals surface area contributed by atoms with E-state index in [4.69, 9.17) is 9.47 Å². The first-order valence-electron chi connectivity index (χ1n) is 7.52. The molecule has 1 saturated heterocycles. The fourth-order valence-electron chi connectivity index (χ4n) is 2.53. The molecule has 24 heavy (non-hydrogen) atoms. The molecule has 4 atom stereocenters. The van der Waals surface area contributed by atoms with Gasteiger partial charge < -0.3 is 24.8 Å². The Bertz CT molecular complexity index is 698. The molecule has 0 spiro atoms. The molecule has 6 nitrogen and oxygen atoms in total. The van der Waals surface area contributed by atoms with Crippen molar-refractivity contribution in [3.8, 4) is 22.8 Å². The third-order valence-corrected chi connectivity index (χ3v) is 5.05. The van der Waals surface area contributed by atoms with Gasteiger partial charge in [-0.15, -0.1) is 11.8 Å². The second-order valence-electron chi connectivity index (χ2n) is 5.46. The Kier molecular flexibility index (Phi) is 5.25. The number of pyridine rings is 1. The van der Waals surface area contributed by atoms with Crippen LogP contribution < -0.4 is 9.47 Å². The molecule has 1 aromatic heterocycles. The van der Waals surface area contributed by atoms with Crippen LogP contribution in [0.5, 0.6) is 11.6 Å². The lowest BCUT2D eigenvalue weighted by Gasteiger charge is -2.34. The van der Waals surface area contributed by atoms with Gasteiger partial charge in [-0.3, -0.25) is 0 Å². The molecule has 7 heteroatoms. The van der Waals surface area contributed by atoms with Crippen molar-refractivity contribution in [3.05, 3.63) is 42.6 Å². The molecule has 1 aromatic carbocycles. The predicted molar refractivity (Wildman–Crippen MR) is 91.1 cm³/mol. The first kappa shape index (κ1) is 17.0. The molecular weight excluding hydrogens is 330 g/mol. The number of rotatable bonds is 4. The molecule has 2 heterocycles. The minimum Gasteiger partial charge on any atom is -0.481 e. The summed E-state index contributed by atoms with van der Waals surface area (Å²) in [5.41, 5.74) is 1.06. The number of aromatic nitrogens is 1. The summed E-state index contributed by atoms with van der Waals surface area (Å²) in [7, 11) is 1.56. The zero-order valence-electron chi connectivity index (χ0n) is 13.1. The number of hydrogen-bond donors (Lipinski definition) is 3. The molecule has 0 amide bonds. The summed E-state index contributed by atoms with van der Waals surface area (Å²) in [6.45, 7) is 0. The van der Waals surface area contributed by atoms with Gasteiger partial charge in [-0.1, -0.05) is 12.1 Å². The monoisotopic (exact) mass is 349 g/mol. The molecular formula is C17H19NO5S. The molecule has 1 aliphatic heterocycles. The van der Waals surface area contributed by atoms with Gasteiger partial charge in [0.2, 0.25) is 5.88 Å². The number of benzene rings is 1. The average molecular weight is 349 g/mol. The minimum atomic E-state index is -1.21. The summed E-state index contributed by atoms with van der Waals surface area (Å²) < 4.78 is 11.1. The van der Waals surface area contributed by atoms with Crippen LogP contribution in [0.25, 0.3) is 11.1 Å². The summed E-state index contributed by atoms with van der Waals surface area (Å²) in [5.74, 6) is 1.37. The summed E-state index contributed by atoms with van der Waals surface area (Å²) >= 11 is 1.27. The Morgan fingerprint density at radius 2 is 1.96 bits per heavy atom. The Morgan fingerprint density at radius 3 is 2.75 bits per heavy atom. The summed E-state index contributed by atoms with van der Waals surface area (Å²) in [4.78, 5) is 4.18. The molecule has 0 radical (unpaired) electrons. The molecule has 0 aliphatic carbocycles. The average Bonchev–Trinajstić information content (AvgIpc) is 2.62. The van der Waals surface area contributed by atoms with Gasteiger partial charge in [0, 0.05) is 17.5 Å². The van der Waals surface area contributed by atoms with E-state index >= 15 is 0 Å². The molecule has 1 fully saturated rings. The van der Waals surface area contributed by atoms with Crippen LogP contribution in [-0.4, -0.2) is 56.9 Å². The third-order valence-electron chi connectivity index (χ3n) is 3.82. The second-order valence-corrected chi connectivity index (χ2v) is 6.59. The van der Waals surface area contributed by atoms with E-state index in [9.17, 15) is 15.3 Å². The van der Waals surface area contributed by atoms with Gasteiger partial charge >= 0.3 is 0 Å². The minimum absolute atomic E-state index is 0.305. The van der Waals surface area contributed by atoms with Crippen LogP contribution in [0, 0.1) is 0 Å². The van der Waals surface area contributed by atoms with Gasteiger partial charge in [0.25, 0.3) is 0 Å². The zero-order chi connectivity index (χ0) is 17.1. The third kappa shape index (κ3) is 3.49. The van der Waals surface area contributed by atoms with E-state index in [0.29, 0.717) is 17.4 Å². The van der Waals surface area contributed by atoms with Gasteiger partial charge in [-0.25, -0.2) is 4.98 Å². The fraction of sp³-hybridized carbons (Fsp3) is 0.353. The SMILES string of the molecule is COc1ncccc1-c1cccc(O[C@@H]2SC[C@@H](O)[C@H](O)[C@H]2O)c1. The highest BCUT2D eigenvalue weighted by molar-refractivity contribution is 7.99. The maximum atomic E-state index is 10.1. The van der Waals surface area contributed by atoms with Gasteiger partial charge in [0.05, 0.1) is 13.2 Å². The summed E-state index contributed by atoms with van der Waals surface area (Å²) in [5, 5.41) is 29.4. The number of thioether (sulfide) groups is 1. The van der Waals surface area contributed by atoms with Crippen LogP contribution in [-0.2, 0) is 0 Å². The van der Waals surface area contributed by atoms with Crippen molar-refractivity contribution in [1.82, 2.24) is 4.98 Å². The Morgan fingerprint density at radius 1 is 1.12 bits per heavy atom. The second kappa shape index (κ2) is 7.40. The number of ether oxygens (including phenoxy) is 2. The van der Waals surface area contributed by atoms with Gasteiger partial charge in [-0.05, 0) is 29.8 Å². The normalized spacial score (nSPS) is 26.8. The first-order valence-corrected chi connectivity index (χ1v) is 8.57. The van der Waals surface area contributed by atoms with Gasteiger partial charge in [0.1, 0.15) is 18.0 Å². The summed E-state index contributed by atoms with van der Waals surface area (Å²) in [6, 6.07) is 11.1. The van der Waals surface area contributed by atoms with Gasteiger partial charge in [-0.2, -0.15) is 0 Å². The lowest BCUT2D eigenvalue weighted by atomic mass is 10.1. The molecule has 3 N–H and O–H groups in total. The zero-order valence-corrected chi connectivity index (χ0v) is 13.9. The maximum absolute atomic E-state index is 10.1. The van der Waals surface area contributed by atoms with Crippen molar-refractivity contribution in [2.24, 2.45) is 0 Å². The molecule has 0 saturated carbocycles. The van der Waals surface area contributed by atoms with Crippen molar-refractivity contribution >= 4 is 11.8 Å². The lowest BCUT2D eigenvalue weighted by Crippen LogP contribution is -2.50. The van der Waals surface area contributed by atoms with Crippen LogP contribution in [0.15, 0.2) is 42.6 Å². The van der Waals surface area contributed by atoms with E-state index in [2.05, 4.69) is 4.98 Å². The largest absolute Gasteiger partial charge is 0.481 e. The van der Waals surface area contributed by atoms with Crippen molar-refractivity contribution in [2.75, 3.05) is 12.9 Å². The molecule has 128 valence electrons. The molecule has 2 aromatic rings. The van der Waals surface area contributed by atoms with Crippen LogP contribution in [0.2, 0.25) is 0 Å².